The van der Waals surface area contributed by atoms with Gasteiger partial charge in [-0.1, -0.05) is 54.1 Å². The summed E-state index contributed by atoms with van der Waals surface area (Å²) in [5.74, 6) is -0.239. The highest BCUT2D eigenvalue weighted by molar-refractivity contribution is 7.89. The van der Waals surface area contributed by atoms with Crippen LogP contribution in [0.4, 0.5) is 0 Å². The maximum Gasteiger partial charge on any atom is 0.224 e. The SMILES string of the molecule is Cc1ccc(C(C)NC(=O)C2CCCN(S(=O)(=O)CCCc3ccccc3)C2)c(C)c1. The molecule has 0 aromatic heterocycles. The van der Waals surface area contributed by atoms with Crippen molar-refractivity contribution in [1.82, 2.24) is 9.62 Å². The molecule has 1 saturated heterocycles. The molecule has 168 valence electrons. The van der Waals surface area contributed by atoms with Crippen LogP contribution < -0.4 is 5.32 Å². The van der Waals surface area contributed by atoms with Crippen LogP contribution in [0.15, 0.2) is 48.5 Å². The maximum atomic E-state index is 12.9. The van der Waals surface area contributed by atoms with E-state index in [1.165, 1.54) is 9.87 Å². The lowest BCUT2D eigenvalue weighted by molar-refractivity contribution is -0.126. The standard InChI is InChI=1S/C25H34N2O3S/c1-19-13-14-24(20(2)17-19)21(3)26-25(28)23-12-7-15-27(18-23)31(29,30)16-8-11-22-9-5-4-6-10-22/h4-6,9-10,13-14,17,21,23H,7-8,11-12,15-16,18H2,1-3H3,(H,26,28). The number of hydrogen-bond donors (Lipinski definition) is 1. The average molecular weight is 443 g/mol. The van der Waals surface area contributed by atoms with Gasteiger partial charge in [0.15, 0.2) is 0 Å². The first-order valence-corrected chi connectivity index (χ1v) is 12.8. The highest BCUT2D eigenvalue weighted by Gasteiger charge is 2.32. The number of sulfonamides is 1. The molecule has 2 aromatic rings. The normalized spacial score (nSPS) is 18.5. The van der Waals surface area contributed by atoms with Crippen molar-refractivity contribution >= 4 is 15.9 Å². The van der Waals surface area contributed by atoms with E-state index >= 15 is 0 Å². The summed E-state index contributed by atoms with van der Waals surface area (Å²) in [4.78, 5) is 12.9. The summed E-state index contributed by atoms with van der Waals surface area (Å²) in [7, 11) is -3.36. The predicted octanol–water partition coefficient (Wildman–Crippen LogP) is 4.16. The second-order valence-electron chi connectivity index (χ2n) is 8.69. The molecule has 2 unspecified atom stereocenters. The molecule has 1 heterocycles. The molecule has 1 aliphatic rings. The average Bonchev–Trinajstić information content (AvgIpc) is 2.74. The van der Waals surface area contributed by atoms with E-state index in [0.29, 0.717) is 19.4 Å². The Balaban J connectivity index is 1.55. The number of nitrogens with one attached hydrogen (secondary N) is 1. The van der Waals surface area contributed by atoms with Crippen molar-refractivity contribution < 1.29 is 13.2 Å². The number of amides is 1. The van der Waals surface area contributed by atoms with Crippen LogP contribution in [0.25, 0.3) is 0 Å². The van der Waals surface area contributed by atoms with E-state index < -0.39 is 10.0 Å². The third-order valence-corrected chi connectivity index (χ3v) is 8.03. The van der Waals surface area contributed by atoms with Gasteiger partial charge in [-0.2, -0.15) is 0 Å². The van der Waals surface area contributed by atoms with Gasteiger partial charge < -0.3 is 5.32 Å². The van der Waals surface area contributed by atoms with Gasteiger partial charge in [0.25, 0.3) is 0 Å². The third kappa shape index (κ3) is 6.40. The fourth-order valence-electron chi connectivity index (χ4n) is 4.36. The number of benzene rings is 2. The molecule has 2 atom stereocenters. The van der Waals surface area contributed by atoms with Gasteiger partial charge in [-0.05, 0) is 63.1 Å². The van der Waals surface area contributed by atoms with Gasteiger partial charge in [-0.15, -0.1) is 0 Å². The smallest absolute Gasteiger partial charge is 0.224 e. The molecule has 0 spiro atoms. The van der Waals surface area contributed by atoms with Crippen molar-refractivity contribution in [3.8, 4) is 0 Å². The Bertz CT molecular complexity index is 989. The molecule has 0 radical (unpaired) electrons. The van der Waals surface area contributed by atoms with E-state index in [-0.39, 0.29) is 30.2 Å². The number of aryl methyl sites for hydroxylation is 3. The zero-order valence-electron chi connectivity index (χ0n) is 18.8. The molecule has 6 heteroatoms. The largest absolute Gasteiger partial charge is 0.349 e. The number of carbonyl (C=O) groups excluding carboxylic acids is 1. The molecule has 1 amide bonds. The number of hydrogen-bond acceptors (Lipinski definition) is 3. The van der Waals surface area contributed by atoms with Gasteiger partial charge in [0, 0.05) is 13.1 Å². The lowest BCUT2D eigenvalue weighted by Crippen LogP contribution is -2.46. The zero-order valence-corrected chi connectivity index (χ0v) is 19.6. The van der Waals surface area contributed by atoms with Crippen molar-refractivity contribution in [3.05, 3.63) is 70.8 Å². The summed E-state index contributed by atoms with van der Waals surface area (Å²) in [5.41, 5.74) is 4.59. The predicted molar refractivity (Wildman–Crippen MR) is 125 cm³/mol. The fourth-order valence-corrected chi connectivity index (χ4v) is 5.94. The Labute approximate surface area is 186 Å². The van der Waals surface area contributed by atoms with Crippen molar-refractivity contribution in [2.24, 2.45) is 5.92 Å². The van der Waals surface area contributed by atoms with Gasteiger partial charge in [-0.3, -0.25) is 4.79 Å². The minimum atomic E-state index is -3.36. The molecule has 5 nitrogen and oxygen atoms in total. The van der Waals surface area contributed by atoms with E-state index in [1.54, 1.807) is 0 Å². The molecule has 0 aliphatic carbocycles. The fraction of sp³-hybridized carbons (Fsp3) is 0.480. The van der Waals surface area contributed by atoms with Crippen LogP contribution in [-0.4, -0.2) is 37.5 Å². The highest BCUT2D eigenvalue weighted by atomic mass is 32.2. The van der Waals surface area contributed by atoms with Crippen molar-refractivity contribution in [2.45, 2.75) is 52.5 Å². The summed E-state index contributed by atoms with van der Waals surface area (Å²) in [5, 5.41) is 3.10. The summed E-state index contributed by atoms with van der Waals surface area (Å²) in [6.07, 6.45) is 2.77. The molecule has 1 fully saturated rings. The Morgan fingerprint density at radius 3 is 2.61 bits per heavy atom. The first-order valence-electron chi connectivity index (χ1n) is 11.2. The molecular formula is C25H34N2O3S. The van der Waals surface area contributed by atoms with Crippen LogP contribution in [0.5, 0.6) is 0 Å². The summed E-state index contributed by atoms with van der Waals surface area (Å²) >= 11 is 0. The van der Waals surface area contributed by atoms with Gasteiger partial charge in [0.2, 0.25) is 15.9 Å². The first-order chi connectivity index (χ1) is 14.8. The Morgan fingerprint density at radius 1 is 1.16 bits per heavy atom. The maximum absolute atomic E-state index is 12.9. The molecule has 1 N–H and O–H groups in total. The van der Waals surface area contributed by atoms with Crippen molar-refractivity contribution in [1.29, 1.82) is 0 Å². The molecule has 0 saturated carbocycles. The molecule has 31 heavy (non-hydrogen) atoms. The minimum absolute atomic E-state index is 0.0586. The summed E-state index contributed by atoms with van der Waals surface area (Å²) in [6.45, 7) is 6.87. The molecule has 0 bridgehead atoms. The van der Waals surface area contributed by atoms with Crippen LogP contribution in [0.2, 0.25) is 0 Å². The first kappa shape index (κ1) is 23.5. The topological polar surface area (TPSA) is 66.5 Å². The van der Waals surface area contributed by atoms with Crippen LogP contribution in [0.1, 0.15) is 54.5 Å². The Morgan fingerprint density at radius 2 is 1.90 bits per heavy atom. The Kier molecular flexibility index (Phi) is 7.89. The third-order valence-electron chi connectivity index (χ3n) is 6.11. The van der Waals surface area contributed by atoms with Crippen molar-refractivity contribution in [2.75, 3.05) is 18.8 Å². The summed E-state index contributed by atoms with van der Waals surface area (Å²) < 4.78 is 27.2. The van der Waals surface area contributed by atoms with E-state index in [2.05, 4.69) is 37.4 Å². The second-order valence-corrected chi connectivity index (χ2v) is 10.8. The number of rotatable bonds is 8. The minimum Gasteiger partial charge on any atom is -0.349 e. The van der Waals surface area contributed by atoms with Crippen LogP contribution in [0, 0.1) is 19.8 Å². The highest BCUT2D eigenvalue weighted by Crippen LogP contribution is 2.23. The van der Waals surface area contributed by atoms with Gasteiger partial charge in [-0.25, -0.2) is 12.7 Å². The summed E-state index contributed by atoms with van der Waals surface area (Å²) in [6, 6.07) is 16.0. The molecule has 2 aromatic carbocycles. The van der Waals surface area contributed by atoms with E-state index in [1.807, 2.05) is 37.3 Å². The number of nitrogens with zero attached hydrogens (tertiary/aromatic N) is 1. The van der Waals surface area contributed by atoms with Crippen LogP contribution in [-0.2, 0) is 21.2 Å². The monoisotopic (exact) mass is 442 g/mol. The molecular weight excluding hydrogens is 408 g/mol. The van der Waals surface area contributed by atoms with Gasteiger partial charge in [0.1, 0.15) is 0 Å². The lowest BCUT2D eigenvalue weighted by Gasteiger charge is -2.32. The zero-order chi connectivity index (χ0) is 22.4. The van der Waals surface area contributed by atoms with E-state index in [4.69, 9.17) is 0 Å². The van der Waals surface area contributed by atoms with E-state index in [9.17, 15) is 13.2 Å². The quantitative estimate of drug-likeness (QED) is 0.668. The van der Waals surface area contributed by atoms with Crippen molar-refractivity contribution in [3.63, 3.8) is 0 Å². The van der Waals surface area contributed by atoms with E-state index in [0.717, 1.165) is 29.5 Å². The van der Waals surface area contributed by atoms with Gasteiger partial charge >= 0.3 is 0 Å². The number of piperidine rings is 1. The van der Waals surface area contributed by atoms with Crippen LogP contribution >= 0.6 is 0 Å². The number of carbonyl (C=O) groups is 1. The molecule has 3 rings (SSSR count). The molecule has 1 aliphatic heterocycles. The Hall–Kier alpha value is -2.18. The second kappa shape index (κ2) is 10.4. The van der Waals surface area contributed by atoms with Crippen LogP contribution in [0.3, 0.4) is 0 Å². The lowest BCUT2D eigenvalue weighted by atomic mass is 9.96. The van der Waals surface area contributed by atoms with Gasteiger partial charge in [0.05, 0.1) is 17.7 Å².